The van der Waals surface area contributed by atoms with E-state index in [0.717, 1.165) is 17.9 Å². The molecule has 0 aliphatic rings. The lowest BCUT2D eigenvalue weighted by atomic mass is 10.2. The lowest BCUT2D eigenvalue weighted by molar-refractivity contribution is 0.0954. The highest BCUT2D eigenvalue weighted by Gasteiger charge is 2.20. The lowest BCUT2D eigenvalue weighted by Crippen LogP contribution is -2.25. The maximum atomic E-state index is 12.8. The number of aromatic nitrogens is 2. The monoisotopic (exact) mass is 377 g/mol. The zero-order valence-electron chi connectivity index (χ0n) is 14.9. The first kappa shape index (κ1) is 17.3. The molecule has 136 valence electrons. The number of hydrogen-bond donors (Lipinski definition) is 1. The fourth-order valence-corrected chi connectivity index (χ4v) is 3.55. The summed E-state index contributed by atoms with van der Waals surface area (Å²) in [5.74, 6) is 1.21. The highest BCUT2D eigenvalue weighted by molar-refractivity contribution is 7.07. The maximum Gasteiger partial charge on any atom is 0.255 e. The fraction of sp³-hybridized carbons (Fsp3) is 0.143. The minimum atomic E-state index is -0.156. The van der Waals surface area contributed by atoms with Gasteiger partial charge < -0.3 is 9.73 Å². The topological polar surface area (TPSA) is 60.1 Å². The molecule has 0 aliphatic carbocycles. The smallest absolute Gasteiger partial charge is 0.255 e. The van der Waals surface area contributed by atoms with Crippen molar-refractivity contribution in [3.05, 3.63) is 82.4 Å². The van der Waals surface area contributed by atoms with Crippen LogP contribution in [0.4, 0.5) is 0 Å². The number of rotatable bonds is 6. The van der Waals surface area contributed by atoms with Gasteiger partial charge in [-0.2, -0.15) is 16.4 Å². The Morgan fingerprint density at radius 3 is 2.74 bits per heavy atom. The van der Waals surface area contributed by atoms with Gasteiger partial charge in [-0.15, -0.1) is 0 Å². The molecule has 0 saturated carbocycles. The number of furan rings is 1. The molecule has 27 heavy (non-hydrogen) atoms. The molecule has 1 aromatic carbocycles. The predicted molar refractivity (Wildman–Crippen MR) is 106 cm³/mol. The molecule has 6 heteroatoms. The van der Waals surface area contributed by atoms with Crippen LogP contribution in [-0.4, -0.2) is 22.2 Å². The number of benzene rings is 1. The first-order valence-corrected chi connectivity index (χ1v) is 9.66. The normalized spacial score (nSPS) is 10.9. The van der Waals surface area contributed by atoms with E-state index in [2.05, 4.69) is 21.9 Å². The lowest BCUT2D eigenvalue weighted by Gasteiger charge is -2.03. The summed E-state index contributed by atoms with van der Waals surface area (Å²) in [5, 5.41) is 11.7. The van der Waals surface area contributed by atoms with Crippen molar-refractivity contribution in [1.29, 1.82) is 0 Å². The first-order chi connectivity index (χ1) is 13.2. The molecule has 0 saturated heterocycles. The molecule has 5 nitrogen and oxygen atoms in total. The van der Waals surface area contributed by atoms with Gasteiger partial charge in [0.2, 0.25) is 0 Å². The van der Waals surface area contributed by atoms with E-state index in [9.17, 15) is 4.79 Å². The van der Waals surface area contributed by atoms with Gasteiger partial charge in [0.05, 0.1) is 11.3 Å². The van der Waals surface area contributed by atoms with E-state index >= 15 is 0 Å². The molecule has 3 heterocycles. The number of carbonyl (C=O) groups is 1. The minimum absolute atomic E-state index is 0.156. The molecule has 0 bridgehead atoms. The van der Waals surface area contributed by atoms with Crippen molar-refractivity contribution < 1.29 is 9.21 Å². The Hall–Kier alpha value is -3.12. The molecular formula is C21H19N3O2S. The Kier molecular flexibility index (Phi) is 4.89. The van der Waals surface area contributed by atoms with Crippen LogP contribution in [0.3, 0.4) is 0 Å². The van der Waals surface area contributed by atoms with Crippen LogP contribution in [0, 0.1) is 6.92 Å². The third kappa shape index (κ3) is 3.85. The molecule has 0 unspecified atom stereocenters. The van der Waals surface area contributed by atoms with Gasteiger partial charge in [0.1, 0.15) is 11.5 Å². The third-order valence-electron chi connectivity index (χ3n) is 4.23. The summed E-state index contributed by atoms with van der Waals surface area (Å²) >= 11 is 1.66. The maximum absolute atomic E-state index is 12.8. The number of amides is 1. The fourth-order valence-electron chi connectivity index (χ4n) is 2.85. The molecule has 3 aromatic heterocycles. The molecule has 1 amide bonds. The SMILES string of the molecule is Cc1ccc(-c2nn(-c3ccccc3)cc2C(=O)NCCc2ccsc2)o1. The van der Waals surface area contributed by atoms with E-state index in [4.69, 9.17) is 4.42 Å². The van der Waals surface area contributed by atoms with Crippen molar-refractivity contribution in [3.63, 3.8) is 0 Å². The van der Waals surface area contributed by atoms with Crippen molar-refractivity contribution in [2.45, 2.75) is 13.3 Å². The van der Waals surface area contributed by atoms with Crippen LogP contribution in [0.2, 0.25) is 0 Å². The molecule has 4 rings (SSSR count). The molecule has 0 fully saturated rings. The van der Waals surface area contributed by atoms with Crippen molar-refractivity contribution >= 4 is 17.2 Å². The first-order valence-electron chi connectivity index (χ1n) is 8.72. The highest BCUT2D eigenvalue weighted by Crippen LogP contribution is 2.25. The molecule has 1 N–H and O–H groups in total. The number of nitrogens with zero attached hydrogens (tertiary/aromatic N) is 2. The molecule has 0 atom stereocenters. The molecular weight excluding hydrogens is 358 g/mol. The van der Waals surface area contributed by atoms with Gasteiger partial charge in [-0.3, -0.25) is 4.79 Å². The zero-order valence-corrected chi connectivity index (χ0v) is 15.7. The van der Waals surface area contributed by atoms with E-state index in [-0.39, 0.29) is 5.91 Å². The summed E-state index contributed by atoms with van der Waals surface area (Å²) < 4.78 is 7.43. The van der Waals surface area contributed by atoms with E-state index < -0.39 is 0 Å². The Morgan fingerprint density at radius 2 is 2.04 bits per heavy atom. The number of aryl methyl sites for hydroxylation is 1. The summed E-state index contributed by atoms with van der Waals surface area (Å²) in [5.41, 5.74) is 3.15. The minimum Gasteiger partial charge on any atom is -0.460 e. The van der Waals surface area contributed by atoms with Gasteiger partial charge in [-0.05, 0) is 60.0 Å². The Morgan fingerprint density at radius 1 is 1.19 bits per heavy atom. The number of carbonyl (C=O) groups excluding carboxylic acids is 1. The summed E-state index contributed by atoms with van der Waals surface area (Å²) in [4.78, 5) is 12.8. The Balaban J connectivity index is 1.61. The van der Waals surface area contributed by atoms with E-state index in [1.807, 2.05) is 54.8 Å². The largest absolute Gasteiger partial charge is 0.460 e. The van der Waals surface area contributed by atoms with Crippen LogP contribution < -0.4 is 5.32 Å². The van der Waals surface area contributed by atoms with Gasteiger partial charge in [0, 0.05) is 12.7 Å². The average Bonchev–Trinajstić information content (AvgIpc) is 3.42. The van der Waals surface area contributed by atoms with Crippen molar-refractivity contribution in [2.24, 2.45) is 0 Å². The molecule has 0 spiro atoms. The number of thiophene rings is 1. The van der Waals surface area contributed by atoms with Gasteiger partial charge in [0.15, 0.2) is 5.76 Å². The van der Waals surface area contributed by atoms with Gasteiger partial charge >= 0.3 is 0 Å². The summed E-state index contributed by atoms with van der Waals surface area (Å²) in [6.45, 7) is 2.45. The molecule has 0 aliphatic heterocycles. The number of hydrogen-bond acceptors (Lipinski definition) is 4. The third-order valence-corrected chi connectivity index (χ3v) is 4.96. The Bertz CT molecular complexity index is 1030. The van der Waals surface area contributed by atoms with Crippen LogP contribution in [0.1, 0.15) is 21.7 Å². The van der Waals surface area contributed by atoms with Crippen LogP contribution >= 0.6 is 11.3 Å². The second-order valence-corrected chi connectivity index (χ2v) is 7.00. The van der Waals surface area contributed by atoms with E-state index in [1.54, 1.807) is 22.2 Å². The van der Waals surface area contributed by atoms with E-state index in [1.165, 1.54) is 5.56 Å². The highest BCUT2D eigenvalue weighted by atomic mass is 32.1. The second kappa shape index (κ2) is 7.63. The zero-order chi connectivity index (χ0) is 18.6. The summed E-state index contributed by atoms with van der Waals surface area (Å²) in [6, 6.07) is 15.5. The van der Waals surface area contributed by atoms with Crippen LogP contribution in [0.15, 0.2) is 69.9 Å². The quantitative estimate of drug-likeness (QED) is 0.539. The van der Waals surface area contributed by atoms with Gasteiger partial charge in [-0.25, -0.2) is 4.68 Å². The number of para-hydroxylation sites is 1. The average molecular weight is 377 g/mol. The molecule has 0 radical (unpaired) electrons. The second-order valence-electron chi connectivity index (χ2n) is 6.22. The van der Waals surface area contributed by atoms with Crippen LogP contribution in [-0.2, 0) is 6.42 Å². The van der Waals surface area contributed by atoms with Crippen LogP contribution in [0.5, 0.6) is 0 Å². The summed E-state index contributed by atoms with van der Waals surface area (Å²) in [6.07, 6.45) is 2.56. The van der Waals surface area contributed by atoms with Crippen LogP contribution in [0.25, 0.3) is 17.1 Å². The van der Waals surface area contributed by atoms with E-state index in [0.29, 0.717) is 23.6 Å². The predicted octanol–water partition coefficient (Wildman–Crippen LogP) is 4.47. The number of nitrogens with one attached hydrogen (secondary N) is 1. The standard InChI is InChI=1S/C21H19N3O2S/c1-15-7-8-19(26-15)20-18(13-24(23-20)17-5-3-2-4-6-17)21(25)22-11-9-16-10-12-27-14-16/h2-8,10,12-14H,9,11H2,1H3,(H,22,25). The van der Waals surface area contributed by atoms with Crippen molar-refractivity contribution in [2.75, 3.05) is 6.54 Å². The van der Waals surface area contributed by atoms with Gasteiger partial charge in [0.25, 0.3) is 5.91 Å². The summed E-state index contributed by atoms with van der Waals surface area (Å²) in [7, 11) is 0. The Labute approximate surface area is 161 Å². The van der Waals surface area contributed by atoms with Gasteiger partial charge in [-0.1, -0.05) is 18.2 Å². The molecule has 4 aromatic rings. The van der Waals surface area contributed by atoms with Crippen molar-refractivity contribution in [1.82, 2.24) is 15.1 Å². The van der Waals surface area contributed by atoms with Crippen molar-refractivity contribution in [3.8, 4) is 17.1 Å².